The van der Waals surface area contributed by atoms with Crippen LogP contribution in [0, 0.1) is 5.82 Å². The quantitative estimate of drug-likeness (QED) is 0.660. The molecule has 11 heteroatoms. The Kier molecular flexibility index (Phi) is 6.30. The van der Waals surface area contributed by atoms with E-state index in [2.05, 4.69) is 0 Å². The Hall–Kier alpha value is -3.08. The first kappa shape index (κ1) is 21.6. The first-order valence-corrected chi connectivity index (χ1v) is 10.5. The molecule has 0 bridgehead atoms. The summed E-state index contributed by atoms with van der Waals surface area (Å²) < 4.78 is 14.5. The highest BCUT2D eigenvalue weighted by molar-refractivity contribution is 7.98. The van der Waals surface area contributed by atoms with Crippen LogP contribution in [0.25, 0.3) is 0 Å². The number of fused-ring (bicyclic) bond motifs is 1. The average molecular weight is 437 g/mol. The van der Waals surface area contributed by atoms with Gasteiger partial charge in [0.15, 0.2) is 5.69 Å². The first-order valence-electron chi connectivity index (χ1n) is 9.10. The molecule has 2 heterocycles. The molecule has 2 aromatic rings. The van der Waals surface area contributed by atoms with Crippen LogP contribution in [-0.2, 0) is 17.9 Å². The highest BCUT2D eigenvalue weighted by Gasteiger charge is 2.34. The number of nitrogens with zero attached hydrogens (tertiary/aromatic N) is 3. The van der Waals surface area contributed by atoms with Crippen LogP contribution >= 0.6 is 11.8 Å². The highest BCUT2D eigenvalue weighted by Crippen LogP contribution is 2.21. The van der Waals surface area contributed by atoms with Crippen molar-refractivity contribution in [3.63, 3.8) is 0 Å². The second kappa shape index (κ2) is 8.74. The van der Waals surface area contributed by atoms with E-state index in [-0.39, 0.29) is 26.1 Å². The van der Waals surface area contributed by atoms with Crippen LogP contribution in [-0.4, -0.2) is 54.7 Å². The van der Waals surface area contributed by atoms with E-state index in [1.54, 1.807) is 6.26 Å². The van der Waals surface area contributed by atoms with E-state index in [1.807, 2.05) is 0 Å². The minimum absolute atomic E-state index is 0.00900. The summed E-state index contributed by atoms with van der Waals surface area (Å²) in [4.78, 5) is 51.3. The summed E-state index contributed by atoms with van der Waals surface area (Å²) in [6, 6.07) is 4.06. The van der Waals surface area contributed by atoms with Gasteiger partial charge >= 0.3 is 11.7 Å². The fourth-order valence-electron chi connectivity index (χ4n) is 3.38. The molecule has 1 amide bonds. The van der Waals surface area contributed by atoms with E-state index in [9.17, 15) is 33.8 Å². The SMILES string of the molecule is CSCCC(C(=O)O)n1c(=O)c(O)c2n(c1=O)CCN(Cc1ccc(F)cc1)C2=O. The van der Waals surface area contributed by atoms with Crippen molar-refractivity contribution in [3.05, 3.63) is 62.2 Å². The maximum absolute atomic E-state index is 13.1. The molecule has 2 N–H and O–H groups in total. The second-order valence-corrected chi connectivity index (χ2v) is 7.78. The summed E-state index contributed by atoms with van der Waals surface area (Å²) in [6.45, 7) is 0.175. The number of carboxylic acids is 1. The lowest BCUT2D eigenvalue weighted by molar-refractivity contribution is -0.141. The number of aromatic hydroxyl groups is 1. The van der Waals surface area contributed by atoms with Crippen molar-refractivity contribution in [1.29, 1.82) is 0 Å². The molecule has 1 aliphatic heterocycles. The summed E-state index contributed by atoms with van der Waals surface area (Å²) in [7, 11) is 0. The Morgan fingerprint density at radius 1 is 1.20 bits per heavy atom. The number of carbonyl (C=O) groups is 2. The Morgan fingerprint density at radius 3 is 2.47 bits per heavy atom. The van der Waals surface area contributed by atoms with Gasteiger partial charge in [-0.1, -0.05) is 12.1 Å². The Bertz CT molecular complexity index is 1100. The summed E-state index contributed by atoms with van der Waals surface area (Å²) in [5.41, 5.74) is -1.99. The number of hydrogen-bond acceptors (Lipinski definition) is 6. The molecule has 1 aromatic carbocycles. The van der Waals surface area contributed by atoms with Gasteiger partial charge in [-0.2, -0.15) is 11.8 Å². The van der Waals surface area contributed by atoms with Gasteiger partial charge in [-0.15, -0.1) is 0 Å². The second-order valence-electron chi connectivity index (χ2n) is 6.80. The van der Waals surface area contributed by atoms with Crippen LogP contribution in [0.5, 0.6) is 5.75 Å². The Balaban J connectivity index is 2.02. The normalized spacial score (nSPS) is 14.5. The van der Waals surface area contributed by atoms with Crippen LogP contribution < -0.4 is 11.2 Å². The minimum atomic E-state index is -1.45. The monoisotopic (exact) mass is 437 g/mol. The number of hydrogen-bond donors (Lipinski definition) is 2. The predicted molar refractivity (Wildman–Crippen MR) is 107 cm³/mol. The highest BCUT2D eigenvalue weighted by atomic mass is 32.2. The molecular formula is C19H20FN3O6S. The molecular weight excluding hydrogens is 417 g/mol. The van der Waals surface area contributed by atoms with E-state index >= 15 is 0 Å². The van der Waals surface area contributed by atoms with Gasteiger partial charge in [0.1, 0.15) is 11.9 Å². The van der Waals surface area contributed by atoms with Crippen molar-refractivity contribution in [2.75, 3.05) is 18.6 Å². The molecule has 160 valence electrons. The molecule has 1 unspecified atom stereocenters. The zero-order valence-corrected chi connectivity index (χ0v) is 16.9. The van der Waals surface area contributed by atoms with E-state index in [1.165, 1.54) is 40.9 Å². The first-order chi connectivity index (χ1) is 14.3. The number of aliphatic carboxylic acids is 1. The van der Waals surface area contributed by atoms with Gasteiger partial charge in [-0.25, -0.2) is 18.5 Å². The lowest BCUT2D eigenvalue weighted by atomic mass is 10.1. The zero-order chi connectivity index (χ0) is 22.0. The number of rotatable bonds is 7. The molecule has 1 aliphatic rings. The topological polar surface area (TPSA) is 122 Å². The molecule has 0 fully saturated rings. The minimum Gasteiger partial charge on any atom is -0.501 e. The van der Waals surface area contributed by atoms with Gasteiger partial charge in [0.2, 0.25) is 5.75 Å². The van der Waals surface area contributed by atoms with Crippen molar-refractivity contribution in [2.24, 2.45) is 0 Å². The number of carbonyl (C=O) groups excluding carboxylic acids is 1. The number of carboxylic acid groups (broad SMARTS) is 1. The lowest BCUT2D eigenvalue weighted by Gasteiger charge is -2.30. The zero-order valence-electron chi connectivity index (χ0n) is 16.1. The fourth-order valence-corrected chi connectivity index (χ4v) is 3.84. The largest absolute Gasteiger partial charge is 0.501 e. The van der Waals surface area contributed by atoms with E-state index in [4.69, 9.17) is 0 Å². The van der Waals surface area contributed by atoms with Crippen molar-refractivity contribution in [1.82, 2.24) is 14.0 Å². The summed E-state index contributed by atoms with van der Waals surface area (Å²) in [5.74, 6) is -3.11. The molecule has 0 aliphatic carbocycles. The predicted octanol–water partition coefficient (Wildman–Crippen LogP) is 0.890. The van der Waals surface area contributed by atoms with Gasteiger partial charge in [-0.3, -0.25) is 14.2 Å². The van der Waals surface area contributed by atoms with Crippen LogP contribution in [0.15, 0.2) is 33.9 Å². The third-order valence-corrected chi connectivity index (χ3v) is 5.56. The molecule has 0 saturated heterocycles. The standard InChI is InChI=1S/C19H20FN3O6S/c1-30-9-6-13(18(27)28)23-17(26)15(24)14-16(25)21(7-8-22(14)19(23)29)10-11-2-4-12(20)5-3-11/h2-5,13,24H,6-10H2,1H3,(H,27,28). The van der Waals surface area contributed by atoms with E-state index in [0.29, 0.717) is 15.9 Å². The van der Waals surface area contributed by atoms with E-state index in [0.717, 1.165) is 4.57 Å². The molecule has 1 aromatic heterocycles. The van der Waals surface area contributed by atoms with Crippen LogP contribution in [0.4, 0.5) is 4.39 Å². The van der Waals surface area contributed by atoms with Crippen molar-refractivity contribution in [2.45, 2.75) is 25.6 Å². The lowest BCUT2D eigenvalue weighted by Crippen LogP contribution is -2.51. The molecule has 9 nitrogen and oxygen atoms in total. The maximum Gasteiger partial charge on any atom is 0.332 e. The van der Waals surface area contributed by atoms with Crippen LogP contribution in [0.1, 0.15) is 28.5 Å². The van der Waals surface area contributed by atoms with Gasteiger partial charge in [-0.05, 0) is 36.1 Å². The fraction of sp³-hybridized carbons (Fsp3) is 0.368. The molecule has 1 atom stereocenters. The van der Waals surface area contributed by atoms with Gasteiger partial charge in [0.25, 0.3) is 11.5 Å². The van der Waals surface area contributed by atoms with Gasteiger partial charge in [0.05, 0.1) is 0 Å². The van der Waals surface area contributed by atoms with Crippen molar-refractivity contribution < 1.29 is 24.2 Å². The Morgan fingerprint density at radius 2 is 1.87 bits per heavy atom. The number of thioether (sulfide) groups is 1. The van der Waals surface area contributed by atoms with Gasteiger partial charge < -0.3 is 15.1 Å². The van der Waals surface area contributed by atoms with Crippen LogP contribution in [0.2, 0.25) is 0 Å². The third-order valence-electron chi connectivity index (χ3n) is 4.91. The smallest absolute Gasteiger partial charge is 0.332 e. The number of aromatic nitrogens is 2. The summed E-state index contributed by atoms with van der Waals surface area (Å²) >= 11 is 1.35. The summed E-state index contributed by atoms with van der Waals surface area (Å²) in [6.07, 6.45) is 1.77. The van der Waals surface area contributed by atoms with Crippen molar-refractivity contribution in [3.8, 4) is 5.75 Å². The number of halogens is 1. The van der Waals surface area contributed by atoms with E-state index < -0.39 is 46.4 Å². The number of amides is 1. The van der Waals surface area contributed by atoms with Crippen LogP contribution in [0.3, 0.4) is 0 Å². The molecule has 30 heavy (non-hydrogen) atoms. The Labute approximate surface area is 174 Å². The molecule has 0 saturated carbocycles. The van der Waals surface area contributed by atoms with Gasteiger partial charge in [0, 0.05) is 19.6 Å². The maximum atomic E-state index is 13.1. The molecule has 0 spiro atoms. The number of benzene rings is 1. The third kappa shape index (κ3) is 3.97. The molecule has 3 rings (SSSR count). The average Bonchev–Trinajstić information content (AvgIpc) is 2.71. The van der Waals surface area contributed by atoms with Crippen molar-refractivity contribution >= 4 is 23.6 Å². The molecule has 0 radical (unpaired) electrons. The summed E-state index contributed by atoms with van der Waals surface area (Å²) in [5, 5.41) is 19.9.